The number of hydrogen-bond donors (Lipinski definition) is 2. The molecule has 3 fully saturated rings. The highest BCUT2D eigenvalue weighted by Crippen LogP contribution is 2.65. The second-order valence-corrected chi connectivity index (χ2v) is 15.1. The lowest BCUT2D eigenvalue weighted by Gasteiger charge is -2.40. The van der Waals surface area contributed by atoms with Crippen molar-refractivity contribution in [3.05, 3.63) is 52.3 Å². The summed E-state index contributed by atoms with van der Waals surface area (Å²) in [4.78, 5) is 15.3. The average Bonchev–Trinajstić information content (AvgIpc) is 3.49. The van der Waals surface area contributed by atoms with E-state index < -0.39 is 32.9 Å². The van der Waals surface area contributed by atoms with Gasteiger partial charge < -0.3 is 15.0 Å². The quantitative estimate of drug-likeness (QED) is 0.276. The van der Waals surface area contributed by atoms with Gasteiger partial charge in [-0.1, -0.05) is 23.2 Å². The first-order valence-corrected chi connectivity index (χ1v) is 16.9. The Balaban J connectivity index is 1.27. The minimum atomic E-state index is -4.30. The number of carbonyl (C=O) groups is 1. The van der Waals surface area contributed by atoms with Crippen molar-refractivity contribution in [2.24, 2.45) is 5.41 Å². The van der Waals surface area contributed by atoms with E-state index in [0.29, 0.717) is 50.5 Å². The van der Waals surface area contributed by atoms with Crippen molar-refractivity contribution in [2.45, 2.75) is 66.4 Å². The fraction of sp³-hybridized carbons (Fsp3) is 0.536. The van der Waals surface area contributed by atoms with Gasteiger partial charge in [0.2, 0.25) is 0 Å². The van der Waals surface area contributed by atoms with Crippen LogP contribution in [-0.4, -0.2) is 68.8 Å². The van der Waals surface area contributed by atoms with Gasteiger partial charge in [0, 0.05) is 49.4 Å². The molecule has 2 aliphatic heterocycles. The second kappa shape index (κ2) is 12.0. The summed E-state index contributed by atoms with van der Waals surface area (Å²) in [6.45, 7) is 3.19. The largest absolute Gasteiger partial charge is 0.379 e. The van der Waals surface area contributed by atoms with E-state index in [1.165, 1.54) is 36.0 Å². The van der Waals surface area contributed by atoms with Gasteiger partial charge in [0.1, 0.15) is 11.4 Å². The van der Waals surface area contributed by atoms with Gasteiger partial charge in [0.05, 0.1) is 26.0 Å². The number of thioether (sulfide) groups is 1. The minimum Gasteiger partial charge on any atom is -0.379 e. The highest BCUT2D eigenvalue weighted by Gasteiger charge is 2.75. The summed E-state index contributed by atoms with van der Waals surface area (Å²) in [5.41, 5.74) is -1.81. The molecule has 1 aliphatic carbocycles. The van der Waals surface area contributed by atoms with Gasteiger partial charge in [0.25, 0.3) is 21.9 Å². The minimum absolute atomic E-state index is 0.0350. The lowest BCUT2D eigenvalue weighted by atomic mass is 9.95. The zero-order valence-electron chi connectivity index (χ0n) is 22.9. The molecule has 42 heavy (non-hydrogen) atoms. The fourth-order valence-corrected chi connectivity index (χ4v) is 8.23. The zero-order chi connectivity index (χ0) is 30.3. The summed E-state index contributed by atoms with van der Waals surface area (Å²) in [5, 5.41) is 3.36. The number of carbonyl (C=O) groups excluding carboxylic acids is 1. The number of nitrogens with zero attached hydrogens (tertiary/aromatic N) is 1. The Kier molecular flexibility index (Phi) is 9.06. The molecule has 7 nitrogen and oxygen atoms in total. The number of rotatable bonds is 11. The first-order chi connectivity index (χ1) is 19.7. The SMILES string of the molecule is C[C@]1(C(=O)NS(=O)(=O)c2cc(Cl)c(N[C@H](CCN3CC4(C3)CC4(F)F)CSc3ccc(F)cc3)c(Cl)c2)CCCCO1. The summed E-state index contributed by atoms with van der Waals surface area (Å²) in [5.74, 6) is -3.17. The Morgan fingerprint density at radius 3 is 2.36 bits per heavy atom. The van der Waals surface area contributed by atoms with E-state index in [4.69, 9.17) is 27.9 Å². The Hall–Kier alpha value is -1.70. The van der Waals surface area contributed by atoms with Gasteiger partial charge in [-0.2, -0.15) is 0 Å². The lowest BCUT2D eigenvalue weighted by Crippen LogP contribution is -2.52. The molecule has 2 saturated heterocycles. The molecule has 0 bridgehead atoms. The van der Waals surface area contributed by atoms with Crippen LogP contribution >= 0.6 is 35.0 Å². The molecule has 0 unspecified atom stereocenters. The Bertz CT molecular complexity index is 1410. The molecule has 1 spiro atoms. The molecule has 3 aliphatic rings. The lowest BCUT2D eigenvalue weighted by molar-refractivity contribution is -0.148. The maximum atomic E-state index is 13.6. The topological polar surface area (TPSA) is 87.7 Å². The van der Waals surface area contributed by atoms with Crippen molar-refractivity contribution in [3.63, 3.8) is 0 Å². The molecule has 1 amide bonds. The van der Waals surface area contributed by atoms with E-state index in [1.807, 2.05) is 4.90 Å². The van der Waals surface area contributed by atoms with Crippen LogP contribution in [0.4, 0.5) is 18.9 Å². The maximum Gasteiger partial charge on any atom is 0.265 e. The van der Waals surface area contributed by atoms with Gasteiger partial charge in [-0.15, -0.1) is 11.8 Å². The molecule has 14 heteroatoms. The Morgan fingerprint density at radius 1 is 1.14 bits per heavy atom. The van der Waals surface area contributed by atoms with Crippen molar-refractivity contribution in [3.8, 4) is 0 Å². The van der Waals surface area contributed by atoms with Gasteiger partial charge in [-0.3, -0.25) is 4.79 Å². The molecule has 0 radical (unpaired) electrons. The molecule has 2 N–H and O–H groups in total. The highest BCUT2D eigenvalue weighted by molar-refractivity contribution is 7.99. The van der Waals surface area contributed by atoms with Crippen LogP contribution < -0.4 is 10.0 Å². The summed E-state index contributed by atoms with van der Waals surface area (Å²) < 4.78 is 74.4. The molecule has 5 rings (SSSR count). The number of amides is 1. The number of anilines is 1. The van der Waals surface area contributed by atoms with Crippen LogP contribution in [0.25, 0.3) is 0 Å². The van der Waals surface area contributed by atoms with Crippen molar-refractivity contribution < 1.29 is 31.1 Å². The fourth-order valence-electron chi connectivity index (χ4n) is 5.40. The van der Waals surface area contributed by atoms with Crippen LogP contribution in [0, 0.1) is 11.2 Å². The highest BCUT2D eigenvalue weighted by atomic mass is 35.5. The van der Waals surface area contributed by atoms with E-state index in [-0.39, 0.29) is 33.2 Å². The van der Waals surface area contributed by atoms with E-state index in [1.54, 1.807) is 19.1 Å². The molecule has 2 aromatic rings. The standard InChI is InChI=1S/C28H32Cl2F3N3O4S2/c1-26(9-2-3-11-40-26)25(37)35-42(38,39)21-12-22(29)24(23(30)13-21)34-19(14-41-20-6-4-18(31)5-7-20)8-10-36-16-27(17-36)15-28(27,32)33/h4-7,12-13,19,34H,2-3,8-11,14-17H2,1H3,(H,35,37)/t19-,26-/m1/s1. The normalized spacial score (nSPS) is 23.7. The van der Waals surface area contributed by atoms with E-state index in [0.717, 1.165) is 17.7 Å². The van der Waals surface area contributed by atoms with Crippen molar-refractivity contribution in [2.75, 3.05) is 37.3 Å². The van der Waals surface area contributed by atoms with E-state index >= 15 is 0 Å². The predicted molar refractivity (Wildman–Crippen MR) is 158 cm³/mol. The van der Waals surface area contributed by atoms with Crippen molar-refractivity contribution >= 4 is 56.6 Å². The van der Waals surface area contributed by atoms with Crippen LogP contribution in [0.1, 0.15) is 39.0 Å². The number of nitrogens with one attached hydrogen (secondary N) is 2. The molecular weight excluding hydrogens is 634 g/mol. The summed E-state index contributed by atoms with van der Waals surface area (Å²) in [6, 6.07) is 8.26. The van der Waals surface area contributed by atoms with Crippen molar-refractivity contribution in [1.82, 2.24) is 9.62 Å². The number of benzene rings is 2. The molecule has 2 atom stereocenters. The second-order valence-electron chi connectivity index (χ2n) is 11.5. The van der Waals surface area contributed by atoms with E-state index in [2.05, 4.69) is 10.0 Å². The molecular formula is C28H32Cl2F3N3O4S2. The maximum absolute atomic E-state index is 13.6. The Morgan fingerprint density at radius 2 is 1.79 bits per heavy atom. The first-order valence-electron chi connectivity index (χ1n) is 13.7. The average molecular weight is 667 g/mol. The van der Waals surface area contributed by atoms with Crippen molar-refractivity contribution in [1.29, 1.82) is 0 Å². The first kappa shape index (κ1) is 31.7. The number of ether oxygens (including phenoxy) is 1. The van der Waals surface area contributed by atoms with Crippen LogP contribution in [0.15, 0.2) is 46.2 Å². The van der Waals surface area contributed by atoms with Gasteiger partial charge in [-0.05, 0) is 69.0 Å². The van der Waals surface area contributed by atoms with Crippen LogP contribution in [0.3, 0.4) is 0 Å². The summed E-state index contributed by atoms with van der Waals surface area (Å²) in [6.07, 6.45) is 2.45. The number of sulfonamides is 1. The molecule has 230 valence electrons. The van der Waals surface area contributed by atoms with Gasteiger partial charge in [0.15, 0.2) is 0 Å². The number of hydrogen-bond acceptors (Lipinski definition) is 7. The Labute approximate surface area is 257 Å². The molecule has 0 aromatic heterocycles. The molecule has 2 heterocycles. The van der Waals surface area contributed by atoms with Crippen LogP contribution in [-0.2, 0) is 19.6 Å². The summed E-state index contributed by atoms with van der Waals surface area (Å²) >= 11 is 14.5. The third-order valence-electron chi connectivity index (χ3n) is 8.17. The number of halogens is 5. The third-order valence-corrected chi connectivity index (χ3v) is 11.3. The monoisotopic (exact) mass is 665 g/mol. The van der Waals surface area contributed by atoms with Gasteiger partial charge >= 0.3 is 0 Å². The van der Waals surface area contributed by atoms with Crippen LogP contribution in [0.2, 0.25) is 10.0 Å². The van der Waals surface area contributed by atoms with Gasteiger partial charge in [-0.25, -0.2) is 26.3 Å². The number of alkyl halides is 2. The smallest absolute Gasteiger partial charge is 0.265 e. The number of likely N-dealkylation sites (tertiary alicyclic amines) is 1. The predicted octanol–water partition coefficient (Wildman–Crippen LogP) is 6.20. The van der Waals surface area contributed by atoms with Crippen LogP contribution in [0.5, 0.6) is 0 Å². The zero-order valence-corrected chi connectivity index (χ0v) is 26.0. The van der Waals surface area contributed by atoms with E-state index in [9.17, 15) is 26.4 Å². The summed E-state index contributed by atoms with van der Waals surface area (Å²) in [7, 11) is -4.30. The molecule has 2 aromatic carbocycles. The third kappa shape index (κ3) is 6.83. The molecule has 1 saturated carbocycles.